The van der Waals surface area contributed by atoms with Crippen molar-refractivity contribution in [2.45, 2.75) is 25.9 Å². The number of nitrogens with one attached hydrogen (secondary N) is 2. The van der Waals surface area contributed by atoms with Gasteiger partial charge in [-0.3, -0.25) is 9.59 Å². The predicted octanol–water partition coefficient (Wildman–Crippen LogP) is 2.74. The van der Waals surface area contributed by atoms with Crippen molar-refractivity contribution in [2.24, 2.45) is 5.73 Å². The van der Waals surface area contributed by atoms with Crippen LogP contribution in [0.5, 0.6) is 0 Å². The molecule has 8 heteroatoms. The first-order valence-corrected chi connectivity index (χ1v) is 9.82. The van der Waals surface area contributed by atoms with Crippen LogP contribution in [0.3, 0.4) is 0 Å². The average Bonchev–Trinajstić information content (AvgIpc) is 3.26. The fourth-order valence-electron chi connectivity index (χ4n) is 3.29. The number of hydrogen-bond donors (Lipinski definition) is 3. The maximum atomic E-state index is 12.2. The van der Waals surface area contributed by atoms with Crippen LogP contribution in [0.4, 0.5) is 0 Å². The smallest absolute Gasteiger partial charge is 0.251 e. The Hall–Kier alpha value is -2.12. The van der Waals surface area contributed by atoms with Crippen molar-refractivity contribution in [1.29, 1.82) is 0 Å². The molecule has 3 rings (SSSR count). The van der Waals surface area contributed by atoms with Crippen LogP contribution in [-0.4, -0.2) is 42.9 Å². The lowest BCUT2D eigenvalue weighted by molar-refractivity contribution is 0.0941. The first-order valence-electron chi connectivity index (χ1n) is 9.82. The number of carbonyl (C=O) groups excluding carboxylic acids is 2. The number of carbonyl (C=O) groups is 2. The molecular weight excluding hydrogens is 423 g/mol. The summed E-state index contributed by atoms with van der Waals surface area (Å²) in [6, 6.07) is 14.6. The highest BCUT2D eigenvalue weighted by molar-refractivity contribution is 5.95. The van der Waals surface area contributed by atoms with Crippen LogP contribution in [0.1, 0.15) is 44.7 Å². The lowest BCUT2D eigenvalue weighted by atomic mass is 10.1. The molecule has 30 heavy (non-hydrogen) atoms. The maximum Gasteiger partial charge on any atom is 0.251 e. The zero-order valence-corrected chi connectivity index (χ0v) is 18.6. The predicted molar refractivity (Wildman–Crippen MR) is 124 cm³/mol. The highest BCUT2D eigenvalue weighted by atomic mass is 35.5. The van der Waals surface area contributed by atoms with Crippen LogP contribution < -0.4 is 16.4 Å². The molecule has 1 aliphatic heterocycles. The zero-order chi connectivity index (χ0) is 19.8. The van der Waals surface area contributed by atoms with Gasteiger partial charge < -0.3 is 21.3 Å². The second-order valence-electron chi connectivity index (χ2n) is 7.09. The first kappa shape index (κ1) is 25.9. The van der Waals surface area contributed by atoms with Crippen molar-refractivity contribution >= 4 is 36.6 Å². The lowest BCUT2D eigenvalue weighted by Gasteiger charge is -2.14. The zero-order valence-electron chi connectivity index (χ0n) is 16.9. The second kappa shape index (κ2) is 13.2. The van der Waals surface area contributed by atoms with E-state index in [-0.39, 0.29) is 36.6 Å². The molecule has 0 spiro atoms. The Labute approximate surface area is 190 Å². The van der Waals surface area contributed by atoms with Gasteiger partial charge in [0.1, 0.15) is 0 Å². The van der Waals surface area contributed by atoms with Crippen molar-refractivity contribution in [3.8, 4) is 0 Å². The third kappa shape index (κ3) is 7.61. The Balaban J connectivity index is 0.00000225. The molecule has 0 aromatic heterocycles. The molecule has 1 saturated heterocycles. The summed E-state index contributed by atoms with van der Waals surface area (Å²) in [5.41, 5.74) is 8.74. The first-order chi connectivity index (χ1) is 13.7. The Bertz CT molecular complexity index is 792. The summed E-state index contributed by atoms with van der Waals surface area (Å²) in [7, 11) is 0. The Morgan fingerprint density at radius 1 is 0.800 bits per heavy atom. The average molecular weight is 453 g/mol. The lowest BCUT2D eigenvalue weighted by Crippen LogP contribution is -2.33. The van der Waals surface area contributed by atoms with Crippen molar-refractivity contribution in [2.75, 3.05) is 26.2 Å². The van der Waals surface area contributed by atoms with Gasteiger partial charge in [0.15, 0.2) is 0 Å². The monoisotopic (exact) mass is 452 g/mol. The van der Waals surface area contributed by atoms with Gasteiger partial charge in [-0.15, -0.1) is 24.8 Å². The number of amides is 2. The van der Waals surface area contributed by atoms with Gasteiger partial charge in [-0.1, -0.05) is 24.3 Å². The van der Waals surface area contributed by atoms with Gasteiger partial charge in [0.2, 0.25) is 0 Å². The molecule has 0 unspecified atom stereocenters. The largest absolute Gasteiger partial charge is 0.351 e. The number of rotatable bonds is 8. The molecule has 2 aromatic rings. The van der Waals surface area contributed by atoms with Gasteiger partial charge >= 0.3 is 0 Å². The summed E-state index contributed by atoms with van der Waals surface area (Å²) in [6.07, 6.45) is 2.51. The summed E-state index contributed by atoms with van der Waals surface area (Å²) in [6.45, 7) is 4.71. The molecule has 0 saturated carbocycles. The molecule has 2 amide bonds. The molecule has 1 fully saturated rings. The molecule has 0 atom stereocenters. The molecule has 0 aliphatic carbocycles. The van der Waals surface area contributed by atoms with Crippen LogP contribution in [0, 0.1) is 0 Å². The summed E-state index contributed by atoms with van der Waals surface area (Å²) in [4.78, 5) is 26.8. The number of nitrogens with zero attached hydrogens (tertiary/aromatic N) is 1. The summed E-state index contributed by atoms with van der Waals surface area (Å²) in [5, 5.41) is 5.86. The van der Waals surface area contributed by atoms with Crippen LogP contribution in [0.2, 0.25) is 0 Å². The van der Waals surface area contributed by atoms with Crippen molar-refractivity contribution in [3.63, 3.8) is 0 Å². The van der Waals surface area contributed by atoms with Gasteiger partial charge in [-0.05, 0) is 61.3 Å². The minimum absolute atomic E-state index is 0. The van der Waals surface area contributed by atoms with E-state index in [1.165, 1.54) is 12.8 Å². The van der Waals surface area contributed by atoms with Crippen LogP contribution in [0.15, 0.2) is 48.5 Å². The van der Waals surface area contributed by atoms with Gasteiger partial charge in [-0.25, -0.2) is 0 Å². The summed E-state index contributed by atoms with van der Waals surface area (Å²) < 4.78 is 0. The molecule has 4 N–H and O–H groups in total. The van der Waals surface area contributed by atoms with Crippen molar-refractivity contribution in [1.82, 2.24) is 15.5 Å². The van der Waals surface area contributed by atoms with Gasteiger partial charge in [0.25, 0.3) is 11.8 Å². The van der Waals surface area contributed by atoms with E-state index < -0.39 is 0 Å². The van der Waals surface area contributed by atoms with E-state index in [0.29, 0.717) is 30.8 Å². The second-order valence-corrected chi connectivity index (χ2v) is 7.09. The van der Waals surface area contributed by atoms with Crippen molar-refractivity contribution < 1.29 is 9.59 Å². The van der Waals surface area contributed by atoms with Crippen molar-refractivity contribution in [3.05, 3.63) is 70.8 Å². The van der Waals surface area contributed by atoms with E-state index in [9.17, 15) is 9.59 Å². The molecule has 0 radical (unpaired) electrons. The van der Waals surface area contributed by atoms with E-state index in [2.05, 4.69) is 15.5 Å². The molecule has 0 bridgehead atoms. The highest BCUT2D eigenvalue weighted by Gasteiger charge is 2.12. The number of hydrogen-bond acceptors (Lipinski definition) is 4. The van der Waals surface area contributed by atoms with Crippen LogP contribution in [-0.2, 0) is 13.1 Å². The minimum Gasteiger partial charge on any atom is -0.351 e. The Morgan fingerprint density at radius 3 is 1.83 bits per heavy atom. The van der Waals surface area contributed by atoms with E-state index in [0.717, 1.165) is 30.8 Å². The number of benzene rings is 2. The fourth-order valence-corrected chi connectivity index (χ4v) is 3.29. The fraction of sp³-hybridized carbons (Fsp3) is 0.364. The topological polar surface area (TPSA) is 87.5 Å². The number of likely N-dealkylation sites (tertiary alicyclic amines) is 1. The number of halogens is 2. The van der Waals surface area contributed by atoms with Crippen LogP contribution in [0.25, 0.3) is 0 Å². The Kier molecular flexibility index (Phi) is 11.4. The van der Waals surface area contributed by atoms with E-state index >= 15 is 0 Å². The molecule has 6 nitrogen and oxygen atoms in total. The highest BCUT2D eigenvalue weighted by Crippen LogP contribution is 2.08. The minimum atomic E-state index is -0.132. The maximum absolute atomic E-state index is 12.2. The number of nitrogens with two attached hydrogens (primary N) is 1. The third-order valence-corrected chi connectivity index (χ3v) is 5.03. The quantitative estimate of drug-likeness (QED) is 0.574. The van der Waals surface area contributed by atoms with Gasteiger partial charge in [0, 0.05) is 37.3 Å². The molecule has 2 aromatic carbocycles. The standard InChI is InChI=1S/C22H28N4O2.2ClH/c23-15-17-3-7-20(8-4-17)22(28)25-16-18-5-9-19(10-6-18)21(27)24-11-14-26-12-1-2-13-26;;/h3-10H,1-2,11-16,23H2,(H,24,27)(H,25,28);2*1H. The summed E-state index contributed by atoms with van der Waals surface area (Å²) in [5.74, 6) is -0.193. The van der Waals surface area contributed by atoms with Crippen LogP contribution >= 0.6 is 24.8 Å². The molecule has 1 heterocycles. The molecule has 164 valence electrons. The van der Waals surface area contributed by atoms with E-state index in [4.69, 9.17) is 5.73 Å². The summed E-state index contributed by atoms with van der Waals surface area (Å²) >= 11 is 0. The normalized spacial score (nSPS) is 13.1. The van der Waals surface area contributed by atoms with E-state index in [1.54, 1.807) is 24.3 Å². The van der Waals surface area contributed by atoms with E-state index in [1.807, 2.05) is 24.3 Å². The third-order valence-electron chi connectivity index (χ3n) is 5.03. The van der Waals surface area contributed by atoms with Gasteiger partial charge in [-0.2, -0.15) is 0 Å². The van der Waals surface area contributed by atoms with Gasteiger partial charge in [0.05, 0.1) is 0 Å². The molecule has 1 aliphatic rings. The Morgan fingerprint density at radius 2 is 1.30 bits per heavy atom. The molecular formula is C22H30Cl2N4O2. The SMILES string of the molecule is Cl.Cl.NCc1ccc(C(=O)NCc2ccc(C(=O)NCCN3CCCC3)cc2)cc1.